The third-order valence-corrected chi connectivity index (χ3v) is 2.17. The zero-order chi connectivity index (χ0) is 15.7. The summed E-state index contributed by atoms with van der Waals surface area (Å²) in [6, 6.07) is 0. The van der Waals surface area contributed by atoms with Crippen molar-refractivity contribution in [2.45, 2.75) is 39.5 Å². The zero-order valence-electron chi connectivity index (χ0n) is 11.6. The van der Waals surface area contributed by atoms with Crippen molar-refractivity contribution in [3.05, 3.63) is 0 Å². The average Bonchev–Trinajstić information content (AvgIpc) is 2.68. The lowest BCUT2D eigenvalue weighted by molar-refractivity contribution is -0.176. The molecule has 0 aromatic rings. The van der Waals surface area contributed by atoms with Crippen LogP contribution in [-0.4, -0.2) is 41.7 Å². The Bertz CT molecular complexity index is 386. The smallest absolute Gasteiger partial charge is 0.436 e. The molecule has 112 valence electrons. The van der Waals surface area contributed by atoms with E-state index in [9.17, 15) is 24.0 Å². The largest absolute Gasteiger partial charge is 0.533 e. The van der Waals surface area contributed by atoms with Crippen LogP contribution in [0.4, 0.5) is 4.79 Å². The molecule has 1 aliphatic rings. The maximum Gasteiger partial charge on any atom is 0.533 e. The van der Waals surface area contributed by atoms with Gasteiger partial charge in [-0.15, -0.1) is 0 Å². The van der Waals surface area contributed by atoms with Crippen LogP contribution in [-0.2, 0) is 28.8 Å². The Hall–Kier alpha value is -2.25. The first-order valence-electron chi connectivity index (χ1n) is 5.88. The molecule has 1 fully saturated rings. The van der Waals surface area contributed by atoms with Crippen LogP contribution in [0.15, 0.2) is 0 Å². The fourth-order valence-electron chi connectivity index (χ4n) is 1.12. The first kappa shape index (κ1) is 17.8. The van der Waals surface area contributed by atoms with Crippen LogP contribution < -0.4 is 0 Å². The van der Waals surface area contributed by atoms with Crippen LogP contribution in [0.1, 0.15) is 39.5 Å². The number of hydrogen-bond acceptors (Lipinski definition) is 7. The lowest BCUT2D eigenvalue weighted by atomic mass is 10.2. The van der Waals surface area contributed by atoms with Crippen molar-refractivity contribution in [3.63, 3.8) is 0 Å². The van der Waals surface area contributed by atoms with E-state index in [4.69, 9.17) is 0 Å². The predicted molar refractivity (Wildman–Crippen MR) is 65.2 cm³/mol. The molecule has 1 aliphatic heterocycles. The second-order valence-electron chi connectivity index (χ2n) is 4.03. The maximum atomic E-state index is 10.8. The predicted octanol–water partition coefficient (Wildman–Crippen LogP) is 0.778. The number of carbonyl (C=O) groups excluding carboxylic acids is 5. The van der Waals surface area contributed by atoms with E-state index in [1.165, 1.54) is 13.8 Å². The Morgan fingerprint density at radius 3 is 1.70 bits per heavy atom. The maximum absolute atomic E-state index is 10.8. The molecule has 8 nitrogen and oxygen atoms in total. The van der Waals surface area contributed by atoms with Crippen molar-refractivity contribution >= 4 is 29.5 Å². The van der Waals surface area contributed by atoms with Gasteiger partial charge in [0.2, 0.25) is 0 Å². The molecule has 2 amide bonds. The molecule has 1 heterocycles. The third kappa shape index (κ3) is 7.24. The number of methoxy groups -OCH3 is 1. The Morgan fingerprint density at radius 1 is 1.00 bits per heavy atom. The highest BCUT2D eigenvalue weighted by Crippen LogP contribution is 2.12. The van der Waals surface area contributed by atoms with Gasteiger partial charge in [0.1, 0.15) is 11.6 Å². The number of rotatable bonds is 4. The summed E-state index contributed by atoms with van der Waals surface area (Å²) in [6.07, 6.45) is -0.116. The van der Waals surface area contributed by atoms with Crippen molar-refractivity contribution in [2.24, 2.45) is 0 Å². The number of nitrogens with zero attached hydrogens (tertiary/aromatic N) is 1. The zero-order valence-corrected chi connectivity index (χ0v) is 11.6. The number of ether oxygens (including phenoxy) is 1. The second-order valence-corrected chi connectivity index (χ2v) is 4.03. The first-order valence-corrected chi connectivity index (χ1v) is 5.88. The van der Waals surface area contributed by atoms with Gasteiger partial charge in [0.05, 0.1) is 7.11 Å². The van der Waals surface area contributed by atoms with Gasteiger partial charge in [0, 0.05) is 25.7 Å². The minimum atomic E-state index is -1.07. The highest BCUT2D eigenvalue weighted by atomic mass is 16.8. The van der Waals surface area contributed by atoms with E-state index < -0.39 is 18.0 Å². The summed E-state index contributed by atoms with van der Waals surface area (Å²) in [5.41, 5.74) is 0. The molecule has 0 atom stereocenters. The van der Waals surface area contributed by atoms with Crippen molar-refractivity contribution in [2.75, 3.05) is 7.11 Å². The van der Waals surface area contributed by atoms with E-state index in [-0.39, 0.29) is 24.4 Å². The Balaban J connectivity index is 0.000000396. The van der Waals surface area contributed by atoms with Gasteiger partial charge < -0.3 is 14.3 Å². The van der Waals surface area contributed by atoms with E-state index in [0.29, 0.717) is 17.9 Å². The first-order chi connectivity index (χ1) is 9.27. The summed E-state index contributed by atoms with van der Waals surface area (Å²) in [7, 11) is 1.09. The van der Waals surface area contributed by atoms with Crippen LogP contribution in [0, 0.1) is 0 Å². The lowest BCUT2D eigenvalue weighted by Gasteiger charge is -2.10. The minimum absolute atomic E-state index is 0.0792. The van der Waals surface area contributed by atoms with Gasteiger partial charge >= 0.3 is 6.16 Å². The number of Topliss-reactive ketones (excluding diaryl/α,β-unsaturated/α-hetero) is 2. The fourth-order valence-corrected chi connectivity index (χ4v) is 1.12. The summed E-state index contributed by atoms with van der Waals surface area (Å²) < 4.78 is 4.10. The molecule has 0 N–H and O–H groups in total. The molecule has 0 saturated carbocycles. The highest BCUT2D eigenvalue weighted by molar-refractivity contribution is 6.01. The number of carbonyl (C=O) groups is 5. The molecule has 1 saturated heterocycles. The van der Waals surface area contributed by atoms with Gasteiger partial charge in [-0.2, -0.15) is 0 Å². The van der Waals surface area contributed by atoms with Crippen LogP contribution >= 0.6 is 0 Å². The van der Waals surface area contributed by atoms with E-state index in [1.807, 2.05) is 0 Å². The summed E-state index contributed by atoms with van der Waals surface area (Å²) >= 11 is 0. The van der Waals surface area contributed by atoms with Crippen molar-refractivity contribution < 1.29 is 33.5 Å². The monoisotopic (exact) mass is 287 g/mol. The summed E-state index contributed by atoms with van der Waals surface area (Å²) in [6.45, 7) is 2.98. The molecule has 0 bridgehead atoms. The molecular formula is C12H17NO7. The van der Waals surface area contributed by atoms with E-state index in [0.717, 1.165) is 7.11 Å². The van der Waals surface area contributed by atoms with Gasteiger partial charge in [-0.3, -0.25) is 14.4 Å². The Morgan fingerprint density at radius 2 is 1.40 bits per heavy atom. The van der Waals surface area contributed by atoms with E-state index in [2.05, 4.69) is 9.57 Å². The van der Waals surface area contributed by atoms with Gasteiger partial charge in [-0.1, -0.05) is 5.06 Å². The minimum Gasteiger partial charge on any atom is -0.436 e. The molecule has 20 heavy (non-hydrogen) atoms. The molecule has 0 aromatic carbocycles. The normalized spacial score (nSPS) is 13.4. The third-order valence-electron chi connectivity index (χ3n) is 2.17. The van der Waals surface area contributed by atoms with Crippen LogP contribution in [0.25, 0.3) is 0 Å². The van der Waals surface area contributed by atoms with Crippen molar-refractivity contribution in [1.29, 1.82) is 0 Å². The highest BCUT2D eigenvalue weighted by Gasteiger charge is 2.33. The SMILES string of the molecule is CC(=O)CCC(C)=O.COC(=O)ON1C(=O)CCC1=O. The van der Waals surface area contributed by atoms with Gasteiger partial charge in [-0.05, 0) is 13.8 Å². The summed E-state index contributed by atoms with van der Waals surface area (Å²) in [5, 5.41) is 0.422. The standard InChI is InChI=1S/C6H7NO5.C6H10O2/c1-11-6(10)12-7-4(8)2-3-5(7)9;1-5(7)3-4-6(2)8/h2-3H2,1H3;3-4H2,1-2H3. The molecular weight excluding hydrogens is 270 g/mol. The van der Waals surface area contributed by atoms with Gasteiger partial charge in [0.25, 0.3) is 11.8 Å². The average molecular weight is 287 g/mol. The van der Waals surface area contributed by atoms with Crippen molar-refractivity contribution in [3.8, 4) is 0 Å². The van der Waals surface area contributed by atoms with E-state index >= 15 is 0 Å². The van der Waals surface area contributed by atoms with E-state index in [1.54, 1.807) is 0 Å². The lowest BCUT2D eigenvalue weighted by Crippen LogP contribution is -2.31. The molecule has 8 heteroatoms. The summed E-state index contributed by atoms with van der Waals surface area (Å²) in [5.74, 6) is -0.879. The molecule has 0 aliphatic carbocycles. The second kappa shape index (κ2) is 8.78. The fraction of sp³-hybridized carbons (Fsp3) is 0.583. The molecule has 0 spiro atoms. The molecule has 0 unspecified atom stereocenters. The topological polar surface area (TPSA) is 107 Å². The van der Waals surface area contributed by atoms with Crippen LogP contribution in [0.2, 0.25) is 0 Å². The number of hydroxylamine groups is 2. The number of amides is 2. The molecule has 0 aromatic heterocycles. The molecule has 0 radical (unpaired) electrons. The van der Waals surface area contributed by atoms with Crippen LogP contribution in [0.5, 0.6) is 0 Å². The van der Waals surface area contributed by atoms with Gasteiger partial charge in [-0.25, -0.2) is 4.79 Å². The number of ketones is 2. The number of hydrogen-bond donors (Lipinski definition) is 0. The molecule has 1 rings (SSSR count). The van der Waals surface area contributed by atoms with Crippen molar-refractivity contribution in [1.82, 2.24) is 5.06 Å². The van der Waals surface area contributed by atoms with Gasteiger partial charge in [0.15, 0.2) is 0 Å². The Kier molecular flexibility index (Phi) is 7.80. The summed E-state index contributed by atoms with van der Waals surface area (Å²) in [4.78, 5) is 56.7. The quantitative estimate of drug-likeness (QED) is 0.555. The number of imide groups is 1. The van der Waals surface area contributed by atoms with Crippen LogP contribution in [0.3, 0.4) is 0 Å². The Labute approximate surface area is 116 Å².